The van der Waals surface area contributed by atoms with Gasteiger partial charge in [0.1, 0.15) is 0 Å². The molecule has 2 aliphatic carbocycles. The zero-order chi connectivity index (χ0) is 5.56. The second-order valence-electron chi connectivity index (χ2n) is 3.40. The zero-order valence-corrected chi connectivity index (χ0v) is 5.48. The van der Waals surface area contributed by atoms with E-state index in [1.54, 1.807) is 0 Å². The Morgan fingerprint density at radius 1 is 1.50 bits per heavy atom. The summed E-state index contributed by atoms with van der Waals surface area (Å²) in [6.45, 7) is 2.38. The fourth-order valence-electron chi connectivity index (χ4n) is 2.28. The Hall–Kier alpha value is 0. The summed E-state index contributed by atoms with van der Waals surface area (Å²) in [6, 6.07) is 0. The monoisotopic (exact) mass is 109 g/mol. The summed E-state index contributed by atoms with van der Waals surface area (Å²) >= 11 is 0. The molecular weight excluding hydrogens is 96.1 g/mol. The van der Waals surface area contributed by atoms with E-state index in [0.717, 1.165) is 11.8 Å². The predicted octanol–water partition coefficient (Wildman–Crippen LogP) is 2.40. The molecule has 0 aliphatic heterocycles. The molecule has 45 valence electrons. The summed E-state index contributed by atoms with van der Waals surface area (Å²) < 4.78 is 0. The molecule has 0 aromatic rings. The van der Waals surface area contributed by atoms with Crippen LogP contribution in [0, 0.1) is 17.8 Å². The van der Waals surface area contributed by atoms with Crippen molar-refractivity contribution in [2.24, 2.45) is 11.8 Å². The van der Waals surface area contributed by atoms with Crippen LogP contribution in [-0.4, -0.2) is 0 Å². The molecule has 2 atom stereocenters. The molecule has 8 heavy (non-hydrogen) atoms. The van der Waals surface area contributed by atoms with Gasteiger partial charge < -0.3 is 0 Å². The SMILES string of the molecule is CC1CC2CC[C]1C2. The Kier molecular flexibility index (Phi) is 0.902. The van der Waals surface area contributed by atoms with Crippen molar-refractivity contribution in [2.75, 3.05) is 0 Å². The zero-order valence-electron chi connectivity index (χ0n) is 5.48. The van der Waals surface area contributed by atoms with Crippen LogP contribution < -0.4 is 0 Å². The lowest BCUT2D eigenvalue weighted by atomic mass is 9.91. The number of hydrogen-bond donors (Lipinski definition) is 0. The van der Waals surface area contributed by atoms with E-state index in [2.05, 4.69) is 6.92 Å². The van der Waals surface area contributed by atoms with Gasteiger partial charge in [0.05, 0.1) is 0 Å². The first-order valence-corrected chi connectivity index (χ1v) is 3.71. The van der Waals surface area contributed by atoms with Gasteiger partial charge in [0.15, 0.2) is 0 Å². The molecule has 0 nitrogen and oxygen atoms in total. The van der Waals surface area contributed by atoms with Crippen molar-refractivity contribution in [1.29, 1.82) is 0 Å². The lowest BCUT2D eigenvalue weighted by molar-refractivity contribution is 0.450. The lowest BCUT2D eigenvalue weighted by Gasteiger charge is -2.14. The normalized spacial score (nSPS) is 46.1. The Bertz CT molecular complexity index is 94.2. The Morgan fingerprint density at radius 3 is 2.62 bits per heavy atom. The molecule has 2 fully saturated rings. The first kappa shape index (κ1) is 4.84. The maximum Gasteiger partial charge on any atom is -0.0210 e. The largest absolute Gasteiger partial charge is 0.0619 e. The first-order valence-electron chi connectivity index (χ1n) is 3.71. The van der Waals surface area contributed by atoms with Crippen LogP contribution in [0.4, 0.5) is 0 Å². The van der Waals surface area contributed by atoms with Crippen LogP contribution in [0.15, 0.2) is 0 Å². The maximum absolute atomic E-state index is 2.38. The molecule has 0 heteroatoms. The molecule has 2 rings (SSSR count). The molecule has 0 heterocycles. The van der Waals surface area contributed by atoms with Gasteiger partial charge in [-0.25, -0.2) is 0 Å². The van der Waals surface area contributed by atoms with Crippen LogP contribution in [0.1, 0.15) is 32.6 Å². The minimum atomic E-state index is 0.994. The van der Waals surface area contributed by atoms with E-state index in [0.29, 0.717) is 0 Å². The molecule has 0 aromatic heterocycles. The van der Waals surface area contributed by atoms with Gasteiger partial charge in [-0.3, -0.25) is 0 Å². The van der Waals surface area contributed by atoms with Crippen LogP contribution in [-0.2, 0) is 0 Å². The Morgan fingerprint density at radius 2 is 2.38 bits per heavy atom. The maximum atomic E-state index is 2.38. The third-order valence-electron chi connectivity index (χ3n) is 2.81. The fraction of sp³-hybridized carbons (Fsp3) is 0.875. The second kappa shape index (κ2) is 1.49. The Balaban J connectivity index is 2.11. The molecule has 2 unspecified atom stereocenters. The van der Waals surface area contributed by atoms with Crippen molar-refractivity contribution in [3.63, 3.8) is 0 Å². The van der Waals surface area contributed by atoms with Crippen LogP contribution in [0.5, 0.6) is 0 Å². The van der Waals surface area contributed by atoms with Crippen molar-refractivity contribution in [1.82, 2.24) is 0 Å². The van der Waals surface area contributed by atoms with E-state index in [4.69, 9.17) is 0 Å². The van der Waals surface area contributed by atoms with Gasteiger partial charge in [-0.2, -0.15) is 0 Å². The Labute approximate surface area is 51.3 Å². The van der Waals surface area contributed by atoms with Crippen LogP contribution >= 0.6 is 0 Å². The van der Waals surface area contributed by atoms with Gasteiger partial charge in [-0.15, -0.1) is 0 Å². The standard InChI is InChI=1S/C8H13/c1-6-4-7-2-3-8(6)5-7/h6-7H,2-5H2,1H3. The molecule has 0 amide bonds. The van der Waals surface area contributed by atoms with Gasteiger partial charge in [0.2, 0.25) is 0 Å². The van der Waals surface area contributed by atoms with Gasteiger partial charge in [0.25, 0.3) is 0 Å². The van der Waals surface area contributed by atoms with E-state index in [9.17, 15) is 0 Å². The summed E-state index contributed by atoms with van der Waals surface area (Å²) in [6.07, 6.45) is 5.97. The number of rotatable bonds is 0. The highest BCUT2D eigenvalue weighted by Crippen LogP contribution is 2.49. The molecular formula is C8H13. The summed E-state index contributed by atoms with van der Waals surface area (Å²) in [5.41, 5.74) is 0. The summed E-state index contributed by atoms with van der Waals surface area (Å²) in [4.78, 5) is 0. The van der Waals surface area contributed by atoms with Gasteiger partial charge in [-0.05, 0) is 43.4 Å². The van der Waals surface area contributed by atoms with E-state index < -0.39 is 0 Å². The van der Waals surface area contributed by atoms with Crippen molar-refractivity contribution in [2.45, 2.75) is 32.6 Å². The molecule has 0 saturated heterocycles. The summed E-state index contributed by atoms with van der Waals surface area (Å²) in [5.74, 6) is 3.98. The fourth-order valence-corrected chi connectivity index (χ4v) is 2.28. The van der Waals surface area contributed by atoms with E-state index >= 15 is 0 Å². The average Bonchev–Trinajstić information content (AvgIpc) is 2.23. The first-order chi connectivity index (χ1) is 3.86. The van der Waals surface area contributed by atoms with E-state index in [1.165, 1.54) is 25.7 Å². The van der Waals surface area contributed by atoms with Gasteiger partial charge in [-0.1, -0.05) is 6.92 Å². The molecule has 2 aliphatic rings. The number of fused-ring (bicyclic) bond motifs is 2. The highest BCUT2D eigenvalue weighted by Gasteiger charge is 2.36. The summed E-state index contributed by atoms with van der Waals surface area (Å²) in [5, 5.41) is 0. The summed E-state index contributed by atoms with van der Waals surface area (Å²) in [7, 11) is 0. The minimum absolute atomic E-state index is 0.994. The van der Waals surface area contributed by atoms with Crippen molar-refractivity contribution < 1.29 is 0 Å². The molecule has 0 aromatic carbocycles. The van der Waals surface area contributed by atoms with E-state index in [1.807, 2.05) is 5.92 Å². The third kappa shape index (κ3) is 0.519. The topological polar surface area (TPSA) is 0 Å². The predicted molar refractivity (Wildman–Crippen MR) is 34.4 cm³/mol. The van der Waals surface area contributed by atoms with Gasteiger partial charge in [0, 0.05) is 0 Å². The quantitative estimate of drug-likeness (QED) is 0.448. The molecule has 2 saturated carbocycles. The number of hydrogen-bond acceptors (Lipinski definition) is 0. The molecule has 0 N–H and O–H groups in total. The molecule has 2 bridgehead atoms. The second-order valence-corrected chi connectivity index (χ2v) is 3.40. The molecule has 1 radical (unpaired) electrons. The van der Waals surface area contributed by atoms with Crippen LogP contribution in [0.3, 0.4) is 0 Å². The smallest absolute Gasteiger partial charge is 0.0210 e. The van der Waals surface area contributed by atoms with Gasteiger partial charge >= 0.3 is 0 Å². The highest BCUT2D eigenvalue weighted by molar-refractivity contribution is 5.08. The minimum Gasteiger partial charge on any atom is -0.0619 e. The highest BCUT2D eigenvalue weighted by atomic mass is 14.4. The van der Waals surface area contributed by atoms with Crippen molar-refractivity contribution in [3.8, 4) is 0 Å². The van der Waals surface area contributed by atoms with Crippen molar-refractivity contribution >= 4 is 0 Å². The van der Waals surface area contributed by atoms with Crippen LogP contribution in [0.2, 0.25) is 0 Å². The average molecular weight is 109 g/mol. The lowest BCUT2D eigenvalue weighted by Crippen LogP contribution is -2.02. The van der Waals surface area contributed by atoms with Crippen molar-refractivity contribution in [3.05, 3.63) is 5.92 Å². The van der Waals surface area contributed by atoms with Crippen LogP contribution in [0.25, 0.3) is 0 Å². The van der Waals surface area contributed by atoms with E-state index in [-0.39, 0.29) is 0 Å². The molecule has 0 spiro atoms. The third-order valence-corrected chi connectivity index (χ3v) is 2.81.